The molecular formula is C141H100N6. The van der Waals surface area contributed by atoms with Gasteiger partial charge in [0, 0.05) is 101 Å². The van der Waals surface area contributed by atoms with Crippen LogP contribution in [0.2, 0.25) is 0 Å². The SMILES string of the molecule is C(=C\c1ccc(N(c2ccccc2)c2ccc(-n3c4ccc(-c5ccccc5)cc4c4cc(-c5ccccc5)ccc43)cc2)cc1)/c1ccc(N(c2ccccc2)c2ccc(-n3c4ccc(-c5ccccc5)cc4c4cc(-c5ccccc5)ccc43)cc2)cc1.Cc1ccc(N(c2ccccc2)c2ccc(-n3c4ccc(-c5ccc(-c6ccccc6)cc5)cc4c4cc(-c5ccc(-c6ccccc6)cc5)ccc43)cc2)cc1. The van der Waals surface area contributed by atoms with Crippen LogP contribution < -0.4 is 14.7 Å². The van der Waals surface area contributed by atoms with Crippen molar-refractivity contribution in [2.75, 3.05) is 14.7 Å². The smallest absolute Gasteiger partial charge is 0.0541 e. The van der Waals surface area contributed by atoms with E-state index in [9.17, 15) is 0 Å². The predicted molar refractivity (Wildman–Crippen MR) is 624 cm³/mol. The van der Waals surface area contributed by atoms with Crippen LogP contribution in [0, 0.1) is 6.92 Å². The van der Waals surface area contributed by atoms with Crippen molar-refractivity contribution in [1.29, 1.82) is 0 Å². The molecule has 0 atom stereocenters. The molecule has 0 saturated heterocycles. The van der Waals surface area contributed by atoms with Crippen molar-refractivity contribution >= 4 is 129 Å². The Labute approximate surface area is 857 Å². The number of hydrogen-bond donors (Lipinski definition) is 0. The molecular weight excluding hydrogens is 1780 g/mol. The third-order valence-electron chi connectivity index (χ3n) is 28.6. The van der Waals surface area contributed by atoms with E-state index in [1.807, 2.05) is 0 Å². The highest BCUT2D eigenvalue weighted by Crippen LogP contribution is 2.47. The summed E-state index contributed by atoms with van der Waals surface area (Å²) in [5.41, 5.74) is 43.0. The van der Waals surface area contributed by atoms with Crippen LogP contribution in [-0.2, 0) is 0 Å². The van der Waals surface area contributed by atoms with Crippen LogP contribution in [0.25, 0.3) is 184 Å². The molecule has 0 saturated carbocycles. The number of para-hydroxylation sites is 3. The Morgan fingerprint density at radius 3 is 0.490 bits per heavy atom. The fourth-order valence-electron chi connectivity index (χ4n) is 21.2. The van der Waals surface area contributed by atoms with Gasteiger partial charge in [-0.3, -0.25) is 0 Å². The molecule has 0 aliphatic heterocycles. The molecule has 6 heteroatoms. The number of aryl methyl sites for hydroxylation is 1. The van der Waals surface area contributed by atoms with Crippen molar-refractivity contribution in [1.82, 2.24) is 13.7 Å². The van der Waals surface area contributed by atoms with Crippen LogP contribution in [0.15, 0.2) is 576 Å². The molecule has 0 amide bonds. The number of aromatic nitrogens is 3. The first-order valence-electron chi connectivity index (χ1n) is 50.4. The molecule has 0 fully saturated rings. The standard InChI is InChI=1S/C86H60N4.C55H40N2/c1-7-19-63(20-8-1)67-37-53-83-79(57-67)80-58-68(64-21-9-2-10-22-64)38-54-84(80)89(83)77-49-45-75(46-50-77)87(71-27-15-5-16-28-71)73-41-33-61(34-42-73)31-32-62-35-43-74(44-36-62)88(72-29-17-6-18-30-72)76-47-51-78(52-48-76)90-85-55-39-69(65-23-11-3-12-24-65)59-81(85)82-60-70(40-56-86(82)90)66-25-13-4-14-26-66;1-39-17-29-49(30-18-39)56(48-15-9-4-10-16-48)50-31-33-51(34-32-50)57-54-35-27-46(44-23-19-42(20-24-44)40-11-5-2-6-12-40)37-52(54)53-38-47(28-36-55(53)57)45-25-21-43(22-26-45)41-13-7-3-8-14-41/h1-60H;2-38H,1H3/b32-31+;. The molecule has 3 aromatic heterocycles. The first kappa shape index (κ1) is 89.0. The second-order valence-electron chi connectivity index (χ2n) is 37.7. The van der Waals surface area contributed by atoms with E-state index < -0.39 is 0 Å². The van der Waals surface area contributed by atoms with Gasteiger partial charge in [0.25, 0.3) is 0 Å². The van der Waals surface area contributed by atoms with Crippen LogP contribution in [0.4, 0.5) is 51.2 Å². The molecule has 0 N–H and O–H groups in total. The molecule has 0 radical (unpaired) electrons. The maximum Gasteiger partial charge on any atom is 0.0541 e. The zero-order valence-corrected chi connectivity index (χ0v) is 81.2. The number of rotatable bonds is 22. The van der Waals surface area contributed by atoms with Gasteiger partial charge >= 0.3 is 0 Å². The normalized spacial score (nSPS) is 11.4. The maximum atomic E-state index is 2.41. The summed E-state index contributed by atoms with van der Waals surface area (Å²) >= 11 is 0. The lowest BCUT2D eigenvalue weighted by atomic mass is 9.97. The van der Waals surface area contributed by atoms with E-state index in [2.05, 4.69) is 624 Å². The lowest BCUT2D eigenvalue weighted by molar-refractivity contribution is 1.17. The Balaban J connectivity index is 0.000000169. The molecule has 0 spiro atoms. The van der Waals surface area contributed by atoms with Gasteiger partial charge in [0.05, 0.1) is 33.1 Å². The van der Waals surface area contributed by atoms with Gasteiger partial charge in [0.15, 0.2) is 0 Å². The van der Waals surface area contributed by atoms with Crippen LogP contribution in [0.3, 0.4) is 0 Å². The van der Waals surface area contributed by atoms with E-state index in [0.717, 1.165) is 79.4 Å². The van der Waals surface area contributed by atoms with Gasteiger partial charge < -0.3 is 28.4 Å². The Morgan fingerprint density at radius 1 is 0.136 bits per heavy atom. The average Bonchev–Trinajstić information content (AvgIpc) is 1.59. The first-order valence-corrected chi connectivity index (χ1v) is 50.4. The van der Waals surface area contributed by atoms with Gasteiger partial charge in [-0.05, 0) is 325 Å². The molecule has 23 aromatic carbocycles. The quantitative estimate of drug-likeness (QED) is 0.0632. The predicted octanol–water partition coefficient (Wildman–Crippen LogP) is 38.9. The van der Waals surface area contributed by atoms with Gasteiger partial charge in [0.2, 0.25) is 0 Å². The fraction of sp³-hybridized carbons (Fsp3) is 0.00709. The second-order valence-corrected chi connectivity index (χ2v) is 37.7. The molecule has 26 rings (SSSR count). The van der Waals surface area contributed by atoms with E-state index in [-0.39, 0.29) is 0 Å². The third kappa shape index (κ3) is 17.9. The highest BCUT2D eigenvalue weighted by Gasteiger charge is 2.24. The molecule has 0 unspecified atom stereocenters. The number of benzene rings is 23. The summed E-state index contributed by atoms with van der Waals surface area (Å²) < 4.78 is 7.23. The van der Waals surface area contributed by atoms with E-state index in [1.165, 1.54) is 160 Å². The van der Waals surface area contributed by atoms with E-state index in [4.69, 9.17) is 0 Å². The molecule has 147 heavy (non-hydrogen) atoms. The summed E-state index contributed by atoms with van der Waals surface area (Å²) in [7, 11) is 0. The van der Waals surface area contributed by atoms with Crippen molar-refractivity contribution in [3.8, 4) is 106 Å². The maximum absolute atomic E-state index is 2.41. The molecule has 6 nitrogen and oxygen atoms in total. The minimum atomic E-state index is 1.08. The van der Waals surface area contributed by atoms with Crippen LogP contribution >= 0.6 is 0 Å². The molecule has 0 aliphatic carbocycles. The third-order valence-corrected chi connectivity index (χ3v) is 28.6. The summed E-state index contributed by atoms with van der Waals surface area (Å²) in [5.74, 6) is 0. The topological polar surface area (TPSA) is 24.5 Å². The van der Waals surface area contributed by atoms with E-state index >= 15 is 0 Å². The Hall–Kier alpha value is -19.4. The Morgan fingerprint density at radius 2 is 0.286 bits per heavy atom. The monoisotopic (exact) mass is 1880 g/mol. The van der Waals surface area contributed by atoms with E-state index in [1.54, 1.807) is 0 Å². The van der Waals surface area contributed by atoms with Gasteiger partial charge in [0.1, 0.15) is 0 Å². The minimum absolute atomic E-state index is 1.08. The van der Waals surface area contributed by atoms with Crippen LogP contribution in [0.5, 0.6) is 0 Å². The van der Waals surface area contributed by atoms with Gasteiger partial charge in [-0.2, -0.15) is 0 Å². The van der Waals surface area contributed by atoms with Gasteiger partial charge in [-0.15, -0.1) is 0 Å². The molecule has 0 aliphatic rings. The lowest BCUT2D eigenvalue weighted by Crippen LogP contribution is -2.10. The van der Waals surface area contributed by atoms with Gasteiger partial charge in [-0.25, -0.2) is 0 Å². The average molecular weight is 1880 g/mol. The highest BCUT2D eigenvalue weighted by atomic mass is 15.2. The van der Waals surface area contributed by atoms with Crippen molar-refractivity contribution in [2.24, 2.45) is 0 Å². The summed E-state index contributed by atoms with van der Waals surface area (Å²) in [4.78, 5) is 6.98. The summed E-state index contributed by atoms with van der Waals surface area (Å²) in [5, 5.41) is 7.37. The van der Waals surface area contributed by atoms with Crippen molar-refractivity contribution in [2.45, 2.75) is 6.92 Å². The highest BCUT2D eigenvalue weighted by molar-refractivity contribution is 6.15. The molecule has 694 valence electrons. The number of nitrogens with zero attached hydrogens (tertiary/aromatic N) is 6. The molecule has 26 aromatic rings. The second kappa shape index (κ2) is 39.6. The van der Waals surface area contributed by atoms with Crippen molar-refractivity contribution in [3.05, 3.63) is 593 Å². The lowest BCUT2D eigenvalue weighted by Gasteiger charge is -2.26. The zero-order chi connectivity index (χ0) is 97.9. The van der Waals surface area contributed by atoms with Crippen molar-refractivity contribution in [3.63, 3.8) is 0 Å². The Kier molecular flexibility index (Phi) is 24.0. The first-order chi connectivity index (χ1) is 72.8. The largest absolute Gasteiger partial charge is 0.311 e. The molecule has 0 bridgehead atoms. The summed E-state index contributed by atoms with van der Waals surface area (Å²) in [6.07, 6.45) is 4.40. The number of fused-ring (bicyclic) bond motifs is 9. The number of hydrogen-bond acceptors (Lipinski definition) is 3. The summed E-state index contributed by atoms with van der Waals surface area (Å²) in [6, 6.07) is 209. The van der Waals surface area contributed by atoms with Crippen LogP contribution in [-0.4, -0.2) is 13.7 Å². The minimum Gasteiger partial charge on any atom is -0.311 e. The number of anilines is 9. The fourth-order valence-corrected chi connectivity index (χ4v) is 21.2. The molecule has 3 heterocycles. The van der Waals surface area contributed by atoms with Crippen LogP contribution in [0.1, 0.15) is 16.7 Å². The zero-order valence-electron chi connectivity index (χ0n) is 81.2. The van der Waals surface area contributed by atoms with Gasteiger partial charge in [-0.1, -0.05) is 376 Å². The van der Waals surface area contributed by atoms with E-state index in [0.29, 0.717) is 0 Å². The van der Waals surface area contributed by atoms with Crippen molar-refractivity contribution < 1.29 is 0 Å². The Bertz CT molecular complexity index is 8540. The summed E-state index contributed by atoms with van der Waals surface area (Å²) in [6.45, 7) is 2.13.